The predicted molar refractivity (Wildman–Crippen MR) is 451 cm³/mol. The van der Waals surface area contributed by atoms with Gasteiger partial charge in [-0.25, -0.2) is 0 Å². The number of hydrogen-bond acceptors (Lipinski definition) is 0. The summed E-state index contributed by atoms with van der Waals surface area (Å²) in [5.74, 6) is 0. The van der Waals surface area contributed by atoms with Crippen molar-refractivity contribution in [3.63, 3.8) is 0 Å². The van der Waals surface area contributed by atoms with E-state index in [1.807, 2.05) is 0 Å². The van der Waals surface area contributed by atoms with Gasteiger partial charge in [0.2, 0.25) is 0 Å². The molecule has 1 heteroatoms. The maximum absolute atomic E-state index is 4.07. The molecule has 0 aromatic heterocycles. The van der Waals surface area contributed by atoms with E-state index in [0.717, 1.165) is 0 Å². The van der Waals surface area contributed by atoms with Crippen LogP contribution in [-0.2, 0) is 0 Å². The van der Waals surface area contributed by atoms with E-state index in [-0.39, 0.29) is 0 Å². The first kappa shape index (κ1) is 66.6. The topological polar surface area (TPSA) is 0 Å². The Labute approximate surface area is 621 Å². The third-order valence-electron chi connectivity index (χ3n) is 20.2. The van der Waals surface area contributed by atoms with Crippen LogP contribution in [0.1, 0.15) is 66.8 Å². The third kappa shape index (κ3) is 15.0. The summed E-state index contributed by atoms with van der Waals surface area (Å²) in [6.45, 7) is 0. The van der Waals surface area contributed by atoms with E-state index in [0.29, 0.717) is 0 Å². The van der Waals surface area contributed by atoms with Crippen molar-refractivity contribution in [2.24, 2.45) is 0 Å². The van der Waals surface area contributed by atoms with Gasteiger partial charge in [0.1, 0.15) is 0 Å². The van der Waals surface area contributed by atoms with Crippen LogP contribution in [0.15, 0.2) is 437 Å². The van der Waals surface area contributed by atoms with E-state index in [2.05, 4.69) is 461 Å². The van der Waals surface area contributed by atoms with Gasteiger partial charge < -0.3 is 0 Å². The summed E-state index contributed by atoms with van der Waals surface area (Å²) in [6, 6.07) is 161. The fourth-order valence-corrected chi connectivity index (χ4v) is 24.5. The van der Waals surface area contributed by atoms with Crippen LogP contribution in [0.3, 0.4) is 0 Å². The summed E-state index contributed by atoms with van der Waals surface area (Å²) >= 11 is -4.07. The zero-order valence-corrected chi connectivity index (χ0v) is 60.5. The third-order valence-corrected chi connectivity index (χ3v) is 30.2. The molecular formula is C104H76Ge. The van der Waals surface area contributed by atoms with Gasteiger partial charge in [-0.2, -0.15) is 0 Å². The summed E-state index contributed by atoms with van der Waals surface area (Å²) in [6.07, 6.45) is 9.19. The molecule has 0 unspecified atom stereocenters. The Bertz CT molecular complexity index is 4910. The molecular weight excluding hydrogens is 1320 g/mol. The van der Waals surface area contributed by atoms with E-state index in [1.54, 1.807) is 0 Å². The van der Waals surface area contributed by atoms with E-state index in [4.69, 9.17) is 0 Å². The van der Waals surface area contributed by atoms with Gasteiger partial charge in [0, 0.05) is 0 Å². The van der Waals surface area contributed by atoms with Gasteiger partial charge in [-0.1, -0.05) is 97.1 Å². The van der Waals surface area contributed by atoms with Crippen molar-refractivity contribution in [1.29, 1.82) is 0 Å². The molecule has 0 atom stereocenters. The molecule has 0 nitrogen and oxygen atoms in total. The van der Waals surface area contributed by atoms with E-state index in [9.17, 15) is 0 Å². The average molecular weight is 1400 g/mol. The molecule has 16 rings (SSSR count). The first-order valence-corrected chi connectivity index (χ1v) is 40.4. The molecule has 0 bridgehead atoms. The molecule has 0 spiro atoms. The van der Waals surface area contributed by atoms with Crippen molar-refractivity contribution in [1.82, 2.24) is 0 Å². The van der Waals surface area contributed by atoms with Crippen molar-refractivity contribution < 1.29 is 0 Å². The number of rotatable bonds is 20. The second-order valence-corrected chi connectivity index (χ2v) is 34.7. The molecule has 496 valence electrons. The Balaban J connectivity index is 0.815. The van der Waals surface area contributed by atoms with Crippen LogP contribution in [-0.4, -0.2) is 13.3 Å². The van der Waals surface area contributed by atoms with Crippen molar-refractivity contribution in [3.05, 3.63) is 504 Å². The summed E-state index contributed by atoms with van der Waals surface area (Å²) in [7, 11) is 0. The van der Waals surface area contributed by atoms with Gasteiger partial charge in [0.05, 0.1) is 0 Å². The van der Waals surface area contributed by atoms with Crippen LogP contribution in [0.25, 0.3) is 91.1 Å². The van der Waals surface area contributed by atoms with Crippen molar-refractivity contribution in [2.75, 3.05) is 0 Å². The Morgan fingerprint density at radius 1 is 0.133 bits per heavy atom. The molecule has 0 radical (unpaired) electrons. The van der Waals surface area contributed by atoms with Crippen molar-refractivity contribution in [3.8, 4) is 44.5 Å². The minimum atomic E-state index is -4.07. The minimum Gasteiger partial charge on any atom is -0.0622 e. The van der Waals surface area contributed by atoms with Crippen LogP contribution >= 0.6 is 0 Å². The second-order valence-electron chi connectivity index (χ2n) is 26.7. The monoisotopic (exact) mass is 1400 g/mol. The number of hydrogen-bond donors (Lipinski definition) is 0. The smallest absolute Gasteiger partial charge is 0.0622 e. The van der Waals surface area contributed by atoms with Crippen LogP contribution in [0.4, 0.5) is 0 Å². The van der Waals surface area contributed by atoms with E-state index < -0.39 is 13.3 Å². The number of benzene rings is 16. The molecule has 16 aromatic carbocycles. The summed E-state index contributed by atoms with van der Waals surface area (Å²) in [5.41, 5.74) is 28.2. The van der Waals surface area contributed by atoms with Gasteiger partial charge in [-0.3, -0.25) is 0 Å². The first-order chi connectivity index (χ1) is 52.0. The van der Waals surface area contributed by atoms with Crippen LogP contribution in [0.5, 0.6) is 0 Å². The Morgan fingerprint density at radius 3 is 0.429 bits per heavy atom. The van der Waals surface area contributed by atoms with Crippen molar-refractivity contribution in [2.45, 2.75) is 0 Å². The zero-order chi connectivity index (χ0) is 70.4. The van der Waals surface area contributed by atoms with Crippen molar-refractivity contribution >= 4 is 77.4 Å². The van der Waals surface area contributed by atoms with Gasteiger partial charge in [-0.05, 0) is 0 Å². The van der Waals surface area contributed by atoms with Gasteiger partial charge in [-0.15, -0.1) is 0 Å². The van der Waals surface area contributed by atoms with Crippen LogP contribution in [0.2, 0.25) is 0 Å². The molecule has 0 heterocycles. The molecule has 0 saturated heterocycles. The SMILES string of the molecule is C(=C(c1ccccc1)c1ccc(-c2cc[c]([Ge]([c]3ccc(-c4ccc(C(=Cc5ccccc5)c5ccccc5)cc4)cc3)([c]3ccc(-c4ccc(C(=Cc5ccccc5)c5ccccc5)cc4)cc3)[c]3ccc(-c4ccc(C(=Cc5ccccc5)c5ccccc5)cc4)cc3)cc2)cc1)c1ccccc1. The average Bonchev–Trinajstić information content (AvgIpc) is 0.728. The van der Waals surface area contributed by atoms with Crippen LogP contribution in [0, 0.1) is 0 Å². The Hall–Kier alpha value is -13.0. The molecule has 0 aliphatic carbocycles. The maximum atomic E-state index is 2.45. The molecule has 0 N–H and O–H groups in total. The fourth-order valence-electron chi connectivity index (χ4n) is 14.7. The van der Waals surface area contributed by atoms with Gasteiger partial charge >= 0.3 is 528 Å². The molecule has 0 aliphatic rings. The zero-order valence-electron chi connectivity index (χ0n) is 58.4. The quantitative estimate of drug-likeness (QED) is 0.0527. The van der Waals surface area contributed by atoms with Gasteiger partial charge in [0.15, 0.2) is 0 Å². The second kappa shape index (κ2) is 31.5. The predicted octanol–water partition coefficient (Wildman–Crippen LogP) is 24.1. The summed E-state index contributed by atoms with van der Waals surface area (Å²) < 4.78 is 5.37. The standard InChI is InChI=1S/C104H76Ge/c1-9-25-77(26-10-1)73-101(89-33-17-5-18-34-89)93-49-41-81(42-50-93)85-57-65-97(66-58-85)105(98-67-59-86(60-68-98)82-43-51-94(52-44-82)102(90-35-19-6-20-36-90)74-78-27-11-2-12-28-78,99-69-61-87(62-70-99)83-45-53-95(54-46-83)103(91-37-21-7-22-38-91)75-79-29-13-3-14-30-79)100-71-63-88(64-72-100)84-47-55-96(56-48-84)104(92-39-23-8-24-40-92)76-80-31-15-4-16-32-80/h1-76H. The molecule has 0 aliphatic heterocycles. The summed E-state index contributed by atoms with van der Waals surface area (Å²) in [5, 5.41) is 0. The van der Waals surface area contributed by atoms with E-state index in [1.165, 1.54) is 151 Å². The van der Waals surface area contributed by atoms with Crippen LogP contribution < -0.4 is 17.6 Å². The molecule has 16 aromatic rings. The fraction of sp³-hybridized carbons (Fsp3) is 0. The summed E-state index contributed by atoms with van der Waals surface area (Å²) in [4.78, 5) is 0. The minimum absolute atomic E-state index is 1.17. The normalized spacial score (nSPS) is 12.5. The molecule has 0 fully saturated rings. The van der Waals surface area contributed by atoms with Gasteiger partial charge in [0.25, 0.3) is 0 Å². The first-order valence-electron chi connectivity index (χ1n) is 36.2. The molecule has 0 amide bonds. The van der Waals surface area contributed by atoms with E-state index >= 15 is 0 Å². The molecule has 105 heavy (non-hydrogen) atoms. The Kier molecular flexibility index (Phi) is 20.0. The molecule has 0 saturated carbocycles. The Morgan fingerprint density at radius 2 is 0.267 bits per heavy atom.